The van der Waals surface area contributed by atoms with Crippen molar-refractivity contribution in [2.75, 3.05) is 11.5 Å². The largest absolute Gasteiger partial charge is 0.380 e. The maximum absolute atomic E-state index is 5.50. The zero-order chi connectivity index (χ0) is 7.84. The molecule has 4 N–H and O–H groups in total. The van der Waals surface area contributed by atoms with Gasteiger partial charge < -0.3 is 11.5 Å². The van der Waals surface area contributed by atoms with Crippen molar-refractivity contribution in [3.8, 4) is 0 Å². The molecule has 11 heavy (non-hydrogen) atoms. The Hall–Kier alpha value is -1.92. The predicted octanol–water partition coefficient (Wildman–Crippen LogP) is -1.32. The highest BCUT2D eigenvalue weighted by Gasteiger charge is 2.03. The maximum Gasteiger partial charge on any atom is 0.273 e. The Bertz CT molecular complexity index is 390. The highest BCUT2D eigenvalue weighted by molar-refractivity contribution is 5.54. The molecule has 0 aliphatic rings. The number of nitrogen functional groups attached to an aromatic ring is 2. The molecule has 7 nitrogen and oxygen atoms in total. The van der Waals surface area contributed by atoms with E-state index >= 15 is 0 Å². The first-order valence-electron chi connectivity index (χ1n) is 2.86. The van der Waals surface area contributed by atoms with Crippen LogP contribution in [0, 0.1) is 0 Å². The van der Waals surface area contributed by atoms with Gasteiger partial charge in [0.25, 0.3) is 5.78 Å². The standard InChI is InChI=1S/C4H5N7/c5-2-3(6)11-4(10-9-2)7-1-8-11/h1H,5-6H2. The molecule has 0 amide bonds. The Kier molecular flexibility index (Phi) is 0.945. The van der Waals surface area contributed by atoms with Gasteiger partial charge in [0, 0.05) is 0 Å². The van der Waals surface area contributed by atoms with Crippen LogP contribution < -0.4 is 11.5 Å². The number of nitrogens with two attached hydrogens (primary N) is 2. The molecule has 2 aromatic heterocycles. The predicted molar refractivity (Wildman–Crippen MR) is 37.4 cm³/mol. The minimum Gasteiger partial charge on any atom is -0.380 e. The van der Waals surface area contributed by atoms with Crippen molar-refractivity contribution in [2.45, 2.75) is 0 Å². The van der Waals surface area contributed by atoms with Crippen molar-refractivity contribution in [3.05, 3.63) is 6.33 Å². The lowest BCUT2D eigenvalue weighted by atomic mass is 10.6. The molecule has 7 heteroatoms. The third-order valence-electron chi connectivity index (χ3n) is 1.27. The second kappa shape index (κ2) is 1.78. The molecule has 0 radical (unpaired) electrons. The number of hydrogen-bond donors (Lipinski definition) is 2. The SMILES string of the molecule is Nc1nnc2ncnn2c1N. The summed E-state index contributed by atoms with van der Waals surface area (Å²) >= 11 is 0. The van der Waals surface area contributed by atoms with Crippen LogP contribution in [0.15, 0.2) is 6.33 Å². The van der Waals surface area contributed by atoms with Crippen molar-refractivity contribution in [1.29, 1.82) is 0 Å². The fraction of sp³-hybridized carbons (Fsp3) is 0. The average Bonchev–Trinajstić information content (AvgIpc) is 2.45. The molecule has 2 rings (SSSR count). The average molecular weight is 151 g/mol. The number of aromatic nitrogens is 5. The Balaban J connectivity index is 2.93. The molecule has 0 saturated heterocycles. The van der Waals surface area contributed by atoms with Crippen LogP contribution in [0.1, 0.15) is 0 Å². The van der Waals surface area contributed by atoms with Gasteiger partial charge >= 0.3 is 0 Å². The van der Waals surface area contributed by atoms with Crippen LogP contribution in [-0.2, 0) is 0 Å². The van der Waals surface area contributed by atoms with Gasteiger partial charge in [-0.15, -0.1) is 10.2 Å². The lowest BCUT2D eigenvalue weighted by molar-refractivity contribution is 0.906. The minimum atomic E-state index is 0.156. The van der Waals surface area contributed by atoms with Crippen molar-refractivity contribution < 1.29 is 0 Å². The zero-order valence-electron chi connectivity index (χ0n) is 5.47. The molecule has 0 aromatic carbocycles. The van der Waals surface area contributed by atoms with E-state index in [0.717, 1.165) is 0 Å². The van der Waals surface area contributed by atoms with Crippen molar-refractivity contribution in [3.63, 3.8) is 0 Å². The van der Waals surface area contributed by atoms with Gasteiger partial charge in [-0.2, -0.15) is 14.6 Å². The van der Waals surface area contributed by atoms with Crippen molar-refractivity contribution >= 4 is 17.4 Å². The topological polar surface area (TPSA) is 108 Å². The summed E-state index contributed by atoms with van der Waals surface area (Å²) in [7, 11) is 0. The van der Waals surface area contributed by atoms with E-state index in [1.54, 1.807) is 0 Å². The van der Waals surface area contributed by atoms with E-state index in [0.29, 0.717) is 5.78 Å². The minimum absolute atomic E-state index is 0.156. The summed E-state index contributed by atoms with van der Waals surface area (Å²) in [5, 5.41) is 11.0. The molecule has 0 fully saturated rings. The second-order valence-electron chi connectivity index (χ2n) is 1.94. The highest BCUT2D eigenvalue weighted by atomic mass is 15.4. The van der Waals surface area contributed by atoms with E-state index in [4.69, 9.17) is 11.5 Å². The number of hydrogen-bond acceptors (Lipinski definition) is 6. The van der Waals surface area contributed by atoms with Gasteiger partial charge in [0.2, 0.25) is 0 Å². The van der Waals surface area contributed by atoms with Gasteiger partial charge in [-0.1, -0.05) is 0 Å². The molecule has 0 atom stereocenters. The summed E-state index contributed by atoms with van der Waals surface area (Å²) in [6.45, 7) is 0. The molecule has 0 aliphatic heterocycles. The number of anilines is 2. The number of nitrogens with zero attached hydrogens (tertiary/aromatic N) is 5. The summed E-state index contributed by atoms with van der Waals surface area (Å²) in [5.74, 6) is 0.757. The molecule has 0 saturated carbocycles. The summed E-state index contributed by atoms with van der Waals surface area (Å²) in [5.41, 5.74) is 10.9. The summed E-state index contributed by atoms with van der Waals surface area (Å²) in [6, 6.07) is 0. The summed E-state index contributed by atoms with van der Waals surface area (Å²) < 4.78 is 1.32. The van der Waals surface area contributed by atoms with E-state index in [1.165, 1.54) is 10.8 Å². The maximum atomic E-state index is 5.50. The van der Waals surface area contributed by atoms with Gasteiger partial charge in [-0.3, -0.25) is 0 Å². The number of fused-ring (bicyclic) bond motifs is 1. The van der Waals surface area contributed by atoms with Crippen LogP contribution in [-0.4, -0.2) is 24.8 Å². The van der Waals surface area contributed by atoms with Crippen LogP contribution in [0.3, 0.4) is 0 Å². The molecule has 56 valence electrons. The monoisotopic (exact) mass is 151 g/mol. The van der Waals surface area contributed by atoms with E-state index in [2.05, 4.69) is 20.3 Å². The van der Waals surface area contributed by atoms with Gasteiger partial charge in [0.15, 0.2) is 11.6 Å². The highest BCUT2D eigenvalue weighted by Crippen LogP contribution is 2.07. The van der Waals surface area contributed by atoms with E-state index in [1.807, 2.05) is 0 Å². The van der Waals surface area contributed by atoms with Gasteiger partial charge in [0.1, 0.15) is 6.33 Å². The first-order chi connectivity index (χ1) is 5.29. The van der Waals surface area contributed by atoms with Crippen LogP contribution in [0.2, 0.25) is 0 Å². The van der Waals surface area contributed by atoms with Crippen LogP contribution >= 0.6 is 0 Å². The summed E-state index contributed by atoms with van der Waals surface area (Å²) in [6.07, 6.45) is 1.33. The molecule has 0 spiro atoms. The van der Waals surface area contributed by atoms with Gasteiger partial charge in [0.05, 0.1) is 0 Å². The zero-order valence-corrected chi connectivity index (χ0v) is 5.47. The first kappa shape index (κ1) is 5.83. The molecule has 2 aromatic rings. The fourth-order valence-electron chi connectivity index (χ4n) is 0.732. The van der Waals surface area contributed by atoms with Crippen LogP contribution in [0.25, 0.3) is 5.78 Å². The second-order valence-corrected chi connectivity index (χ2v) is 1.94. The number of rotatable bonds is 0. The fourth-order valence-corrected chi connectivity index (χ4v) is 0.732. The molecule has 0 aliphatic carbocycles. The molecular formula is C4H5N7. The quantitative estimate of drug-likeness (QED) is 0.483. The molecular weight excluding hydrogens is 146 g/mol. The third-order valence-corrected chi connectivity index (χ3v) is 1.27. The van der Waals surface area contributed by atoms with Crippen molar-refractivity contribution in [1.82, 2.24) is 24.8 Å². The third kappa shape index (κ3) is 0.672. The lowest BCUT2D eigenvalue weighted by Gasteiger charge is -1.97. The molecule has 0 bridgehead atoms. The lowest BCUT2D eigenvalue weighted by Crippen LogP contribution is -2.07. The first-order valence-corrected chi connectivity index (χ1v) is 2.86. The van der Waals surface area contributed by atoms with Gasteiger partial charge in [-0.05, 0) is 0 Å². The van der Waals surface area contributed by atoms with Crippen LogP contribution in [0.5, 0.6) is 0 Å². The smallest absolute Gasteiger partial charge is 0.273 e. The Morgan fingerprint density at radius 3 is 2.91 bits per heavy atom. The molecule has 0 unspecified atom stereocenters. The van der Waals surface area contributed by atoms with Crippen molar-refractivity contribution in [2.24, 2.45) is 0 Å². The Morgan fingerprint density at radius 1 is 1.27 bits per heavy atom. The van der Waals surface area contributed by atoms with E-state index < -0.39 is 0 Å². The van der Waals surface area contributed by atoms with E-state index in [9.17, 15) is 0 Å². The Labute approximate surface area is 61.0 Å². The van der Waals surface area contributed by atoms with Crippen LogP contribution in [0.4, 0.5) is 11.6 Å². The van der Waals surface area contributed by atoms with Gasteiger partial charge in [-0.25, -0.2) is 0 Å². The molecule has 2 heterocycles. The summed E-state index contributed by atoms with van der Waals surface area (Å²) in [4.78, 5) is 3.76. The van der Waals surface area contributed by atoms with E-state index in [-0.39, 0.29) is 11.6 Å². The Morgan fingerprint density at radius 2 is 2.09 bits per heavy atom. The normalized spacial score (nSPS) is 10.5.